The van der Waals surface area contributed by atoms with Crippen LogP contribution in [0.4, 0.5) is 0 Å². The van der Waals surface area contributed by atoms with Gasteiger partial charge in [-0.3, -0.25) is 9.78 Å². The molecule has 3 fully saturated rings. The summed E-state index contributed by atoms with van der Waals surface area (Å²) < 4.78 is 1.89. The van der Waals surface area contributed by atoms with Gasteiger partial charge in [0.2, 0.25) is 5.91 Å². The molecule has 1 amide bonds. The van der Waals surface area contributed by atoms with Gasteiger partial charge >= 0.3 is 0 Å². The van der Waals surface area contributed by atoms with E-state index >= 15 is 0 Å². The van der Waals surface area contributed by atoms with E-state index in [4.69, 9.17) is 0 Å². The van der Waals surface area contributed by atoms with Crippen LogP contribution in [0.15, 0.2) is 30.7 Å². The van der Waals surface area contributed by atoms with E-state index in [0.717, 1.165) is 61.9 Å². The highest BCUT2D eigenvalue weighted by Gasteiger charge is 2.45. The number of aromatic nitrogens is 4. The van der Waals surface area contributed by atoms with Crippen molar-refractivity contribution in [2.24, 2.45) is 17.8 Å². The van der Waals surface area contributed by atoms with Crippen LogP contribution in [-0.4, -0.2) is 43.4 Å². The first-order chi connectivity index (χ1) is 12.8. The summed E-state index contributed by atoms with van der Waals surface area (Å²) in [7, 11) is 0. The number of likely N-dealkylation sites (tertiary alicyclic amines) is 1. The molecule has 0 spiro atoms. The maximum Gasteiger partial charge on any atom is 0.226 e. The minimum atomic E-state index is 0.253. The quantitative estimate of drug-likeness (QED) is 0.850. The van der Waals surface area contributed by atoms with Crippen molar-refractivity contribution in [3.05, 3.63) is 30.7 Å². The first-order valence-corrected chi connectivity index (χ1v) is 9.89. The summed E-state index contributed by atoms with van der Waals surface area (Å²) in [6.45, 7) is 1.63. The normalized spacial score (nSPS) is 30.2. The van der Waals surface area contributed by atoms with Crippen molar-refractivity contribution >= 4 is 5.91 Å². The number of fused-ring (bicyclic) bond motifs is 1. The summed E-state index contributed by atoms with van der Waals surface area (Å²) in [5.74, 6) is 2.44. The van der Waals surface area contributed by atoms with Gasteiger partial charge in [0, 0.05) is 30.4 Å². The molecule has 0 aromatic carbocycles. The zero-order chi connectivity index (χ0) is 17.5. The number of hydrogen-bond donors (Lipinski definition) is 0. The molecule has 136 valence electrons. The number of carbonyl (C=O) groups is 1. The average Bonchev–Trinajstić information content (AvgIpc) is 3.07. The number of pyridine rings is 1. The van der Waals surface area contributed by atoms with Crippen LogP contribution in [0.1, 0.15) is 38.5 Å². The molecular formula is C20H25N5O. The monoisotopic (exact) mass is 351 g/mol. The fraction of sp³-hybridized carbons (Fsp3) is 0.600. The Hall–Kier alpha value is -2.24. The van der Waals surface area contributed by atoms with E-state index in [-0.39, 0.29) is 12.0 Å². The Morgan fingerprint density at radius 2 is 2.15 bits per heavy atom. The predicted octanol–water partition coefficient (Wildman–Crippen LogP) is 2.77. The molecule has 2 aromatic heterocycles. The summed E-state index contributed by atoms with van der Waals surface area (Å²) in [6.07, 6.45) is 12.5. The smallest absolute Gasteiger partial charge is 0.226 e. The Balaban J connectivity index is 1.26. The molecule has 2 aliphatic carbocycles. The highest BCUT2D eigenvalue weighted by atomic mass is 16.2. The molecule has 6 heteroatoms. The standard InChI is InChI=1S/C20H25N5O/c26-20(15-6-5-14-9-17(14)10-15)25-8-2-4-18(25)12-24-13-19(22-23-24)16-3-1-7-21-11-16/h1,3,7,11,13-15,17-18H,2,4-6,8-10,12H2/t14?,15?,17?,18-/m1/s1. The zero-order valence-corrected chi connectivity index (χ0v) is 15.0. The number of carbonyl (C=O) groups excluding carboxylic acids is 1. The Kier molecular flexibility index (Phi) is 3.98. The van der Waals surface area contributed by atoms with Crippen LogP contribution in [0.25, 0.3) is 11.3 Å². The van der Waals surface area contributed by atoms with Crippen LogP contribution < -0.4 is 0 Å². The van der Waals surface area contributed by atoms with Crippen LogP contribution in [0.3, 0.4) is 0 Å². The first-order valence-electron chi connectivity index (χ1n) is 9.89. The summed E-state index contributed by atoms with van der Waals surface area (Å²) in [6, 6.07) is 4.14. The summed E-state index contributed by atoms with van der Waals surface area (Å²) in [5, 5.41) is 8.56. The molecule has 5 rings (SSSR count). The molecule has 1 saturated heterocycles. The Morgan fingerprint density at radius 3 is 3.00 bits per heavy atom. The van der Waals surface area contributed by atoms with Crippen LogP contribution in [0, 0.1) is 17.8 Å². The van der Waals surface area contributed by atoms with E-state index < -0.39 is 0 Å². The molecule has 0 bridgehead atoms. The number of amides is 1. The molecule has 0 radical (unpaired) electrons. The van der Waals surface area contributed by atoms with Crippen molar-refractivity contribution < 1.29 is 4.79 Å². The van der Waals surface area contributed by atoms with Gasteiger partial charge in [-0.15, -0.1) is 5.10 Å². The highest BCUT2D eigenvalue weighted by Crippen LogP contribution is 2.51. The van der Waals surface area contributed by atoms with Gasteiger partial charge in [-0.25, -0.2) is 4.68 Å². The third-order valence-electron chi connectivity index (χ3n) is 6.45. The van der Waals surface area contributed by atoms with Crippen molar-refractivity contribution in [3.63, 3.8) is 0 Å². The van der Waals surface area contributed by atoms with E-state index in [1.807, 2.05) is 23.0 Å². The molecule has 6 nitrogen and oxygen atoms in total. The fourth-order valence-corrected chi connectivity index (χ4v) is 4.88. The third-order valence-corrected chi connectivity index (χ3v) is 6.45. The second-order valence-electron chi connectivity index (χ2n) is 8.16. The van der Waals surface area contributed by atoms with Gasteiger partial charge in [0.25, 0.3) is 0 Å². The van der Waals surface area contributed by atoms with Gasteiger partial charge in [0.1, 0.15) is 5.69 Å². The molecule has 3 unspecified atom stereocenters. The largest absolute Gasteiger partial charge is 0.338 e. The van der Waals surface area contributed by atoms with E-state index in [1.165, 1.54) is 12.8 Å². The molecule has 3 heterocycles. The number of nitrogens with zero attached hydrogens (tertiary/aromatic N) is 5. The van der Waals surface area contributed by atoms with Crippen LogP contribution in [-0.2, 0) is 11.3 Å². The van der Waals surface area contributed by atoms with Crippen molar-refractivity contribution in [2.75, 3.05) is 6.54 Å². The highest BCUT2D eigenvalue weighted by molar-refractivity contribution is 5.79. The van der Waals surface area contributed by atoms with Crippen LogP contribution in [0.2, 0.25) is 0 Å². The maximum atomic E-state index is 13.1. The molecule has 3 aliphatic rings. The lowest BCUT2D eigenvalue weighted by molar-refractivity contribution is -0.137. The summed E-state index contributed by atoms with van der Waals surface area (Å²) in [4.78, 5) is 19.3. The summed E-state index contributed by atoms with van der Waals surface area (Å²) in [5.41, 5.74) is 1.81. The van der Waals surface area contributed by atoms with E-state index in [2.05, 4.69) is 20.2 Å². The molecule has 26 heavy (non-hydrogen) atoms. The van der Waals surface area contributed by atoms with E-state index in [1.54, 1.807) is 12.4 Å². The minimum Gasteiger partial charge on any atom is -0.338 e. The Bertz CT molecular complexity index is 789. The van der Waals surface area contributed by atoms with Crippen LogP contribution >= 0.6 is 0 Å². The van der Waals surface area contributed by atoms with Crippen molar-refractivity contribution in [1.82, 2.24) is 24.9 Å². The second kappa shape index (κ2) is 6.49. The number of hydrogen-bond acceptors (Lipinski definition) is 4. The van der Waals surface area contributed by atoms with Gasteiger partial charge in [-0.05, 0) is 62.5 Å². The zero-order valence-electron chi connectivity index (χ0n) is 15.0. The lowest BCUT2D eigenvalue weighted by Gasteiger charge is -2.30. The molecule has 1 aliphatic heterocycles. The Morgan fingerprint density at radius 1 is 1.19 bits per heavy atom. The van der Waals surface area contributed by atoms with Gasteiger partial charge in [0.15, 0.2) is 0 Å². The van der Waals surface area contributed by atoms with Gasteiger partial charge in [-0.1, -0.05) is 5.21 Å². The average molecular weight is 351 g/mol. The van der Waals surface area contributed by atoms with Crippen molar-refractivity contribution in [1.29, 1.82) is 0 Å². The molecular weight excluding hydrogens is 326 g/mol. The van der Waals surface area contributed by atoms with Gasteiger partial charge < -0.3 is 4.90 Å². The first kappa shape index (κ1) is 16.0. The maximum absolute atomic E-state index is 13.1. The predicted molar refractivity (Wildman–Crippen MR) is 96.9 cm³/mol. The van der Waals surface area contributed by atoms with Gasteiger partial charge in [-0.2, -0.15) is 0 Å². The van der Waals surface area contributed by atoms with Crippen LogP contribution in [0.5, 0.6) is 0 Å². The van der Waals surface area contributed by atoms with Crippen molar-refractivity contribution in [3.8, 4) is 11.3 Å². The Labute approximate surface area is 153 Å². The topological polar surface area (TPSA) is 63.9 Å². The fourth-order valence-electron chi connectivity index (χ4n) is 4.88. The second-order valence-corrected chi connectivity index (χ2v) is 8.16. The molecule has 0 N–H and O–H groups in total. The third kappa shape index (κ3) is 3.02. The summed E-state index contributed by atoms with van der Waals surface area (Å²) >= 11 is 0. The van der Waals surface area contributed by atoms with Crippen molar-refractivity contribution in [2.45, 2.75) is 51.1 Å². The molecule has 2 saturated carbocycles. The van der Waals surface area contributed by atoms with Gasteiger partial charge in [0.05, 0.1) is 18.8 Å². The SMILES string of the molecule is O=C(C1CCC2CC2C1)N1CCC[C@@H]1Cn1cc(-c2cccnc2)nn1. The minimum absolute atomic E-state index is 0.253. The van der Waals surface area contributed by atoms with E-state index in [9.17, 15) is 4.79 Å². The lowest BCUT2D eigenvalue weighted by atomic mass is 9.88. The molecule has 4 atom stereocenters. The number of rotatable bonds is 4. The van der Waals surface area contributed by atoms with E-state index in [0.29, 0.717) is 5.91 Å². The lowest BCUT2D eigenvalue weighted by Crippen LogP contribution is -2.42. The molecule has 2 aromatic rings.